The Morgan fingerprint density at radius 3 is 2.35 bits per heavy atom. The number of aliphatic hydroxyl groups is 1. The van der Waals surface area contributed by atoms with Crippen molar-refractivity contribution in [2.75, 3.05) is 19.7 Å². The molecule has 2 aliphatic heterocycles. The van der Waals surface area contributed by atoms with Crippen LogP contribution in [0.4, 0.5) is 26.3 Å². The minimum Gasteiger partial charge on any atom is -0.488 e. The minimum absolute atomic E-state index is 0.0480. The van der Waals surface area contributed by atoms with Crippen molar-refractivity contribution in [2.24, 2.45) is 0 Å². The van der Waals surface area contributed by atoms with Crippen molar-refractivity contribution < 1.29 is 55.7 Å². The van der Waals surface area contributed by atoms with E-state index in [-0.39, 0.29) is 44.2 Å². The average molecular weight is 760 g/mol. The van der Waals surface area contributed by atoms with Crippen LogP contribution in [0.2, 0.25) is 0 Å². The molecule has 3 unspecified atom stereocenters. The third-order valence-electron chi connectivity index (χ3n) is 9.82. The SMILES string of the molecule is O=C(O)CC(O)CC(=O)N1CC2CC(c3ccc(CCCOc4c(F)ccc(F)c4F)cc3)=C(C(=O)N(Cc3cccc(C(F)(F)F)c3)C3CC3)C(C1)N2. The summed E-state index contributed by atoms with van der Waals surface area (Å²) in [5.41, 5.74) is 2.16. The molecule has 3 aromatic carbocycles. The number of aliphatic hydroxyl groups excluding tert-OH is 1. The average Bonchev–Trinajstić information content (AvgIpc) is 3.96. The van der Waals surface area contributed by atoms with Gasteiger partial charge < -0.3 is 30.1 Å². The van der Waals surface area contributed by atoms with Gasteiger partial charge in [0.1, 0.15) is 0 Å². The number of benzene rings is 3. The van der Waals surface area contributed by atoms with Crippen molar-refractivity contribution >= 4 is 23.4 Å². The number of piperazine rings is 1. The van der Waals surface area contributed by atoms with E-state index < -0.39 is 71.8 Å². The fourth-order valence-electron chi connectivity index (χ4n) is 7.09. The summed E-state index contributed by atoms with van der Waals surface area (Å²) in [6.45, 7) is 0.145. The highest BCUT2D eigenvalue weighted by Crippen LogP contribution is 2.38. The second-order valence-corrected chi connectivity index (χ2v) is 14.0. The zero-order chi connectivity index (χ0) is 38.7. The fourth-order valence-corrected chi connectivity index (χ4v) is 7.09. The van der Waals surface area contributed by atoms with Crippen LogP contribution in [0.25, 0.3) is 5.57 Å². The molecule has 2 bridgehead atoms. The molecule has 0 aromatic heterocycles. The molecule has 3 N–H and O–H groups in total. The number of aryl methyl sites for hydroxylation is 1. The van der Waals surface area contributed by atoms with Crippen molar-refractivity contribution in [2.45, 2.75) is 81.9 Å². The Bertz CT molecular complexity index is 1920. The van der Waals surface area contributed by atoms with E-state index in [1.807, 2.05) is 24.3 Å². The van der Waals surface area contributed by atoms with E-state index in [2.05, 4.69) is 5.32 Å². The number of nitrogens with one attached hydrogen (secondary N) is 1. The fraction of sp³-hybridized carbons (Fsp3) is 0.410. The number of fused-ring (bicyclic) bond motifs is 2. The highest BCUT2D eigenvalue weighted by atomic mass is 19.4. The van der Waals surface area contributed by atoms with Crippen LogP contribution in [0.15, 0.2) is 66.2 Å². The number of alkyl halides is 3. The summed E-state index contributed by atoms with van der Waals surface area (Å²) >= 11 is 0. The third-order valence-corrected chi connectivity index (χ3v) is 9.82. The second-order valence-electron chi connectivity index (χ2n) is 14.0. The molecule has 1 aliphatic carbocycles. The Kier molecular flexibility index (Phi) is 11.7. The Hall–Kier alpha value is -4.89. The first-order chi connectivity index (χ1) is 25.7. The van der Waals surface area contributed by atoms with Gasteiger partial charge in [0.2, 0.25) is 11.7 Å². The van der Waals surface area contributed by atoms with Crippen molar-refractivity contribution in [1.29, 1.82) is 0 Å². The van der Waals surface area contributed by atoms with Crippen LogP contribution in [-0.4, -0.2) is 81.7 Å². The quantitative estimate of drug-likeness (QED) is 0.107. The molecule has 2 heterocycles. The number of carbonyl (C=O) groups excluding carboxylic acids is 2. The van der Waals surface area contributed by atoms with Crippen molar-refractivity contribution in [3.05, 3.63) is 106 Å². The number of halogens is 6. The Balaban J connectivity index is 1.25. The first-order valence-electron chi connectivity index (χ1n) is 17.7. The number of carboxylic acids is 1. The van der Waals surface area contributed by atoms with Gasteiger partial charge in [0.25, 0.3) is 5.91 Å². The number of carboxylic acid groups (broad SMARTS) is 1. The molecule has 2 fully saturated rings. The minimum atomic E-state index is -4.56. The third kappa shape index (κ3) is 9.24. The maximum absolute atomic E-state index is 14.7. The first kappa shape index (κ1) is 38.8. The Morgan fingerprint density at radius 2 is 1.67 bits per heavy atom. The van der Waals surface area contributed by atoms with E-state index in [1.165, 1.54) is 11.0 Å². The first-order valence-corrected chi connectivity index (χ1v) is 17.7. The van der Waals surface area contributed by atoms with Gasteiger partial charge in [0.05, 0.1) is 37.2 Å². The van der Waals surface area contributed by atoms with Crippen LogP contribution in [0.5, 0.6) is 5.75 Å². The van der Waals surface area contributed by atoms with Gasteiger partial charge in [-0.2, -0.15) is 17.6 Å². The molecule has 1 saturated carbocycles. The molecular weight excluding hydrogens is 720 g/mol. The topological polar surface area (TPSA) is 119 Å². The van der Waals surface area contributed by atoms with Crippen LogP contribution in [0, 0.1) is 17.5 Å². The molecule has 9 nitrogen and oxygen atoms in total. The van der Waals surface area contributed by atoms with Crippen LogP contribution in [0.1, 0.15) is 60.8 Å². The van der Waals surface area contributed by atoms with Crippen LogP contribution in [0.3, 0.4) is 0 Å². The highest BCUT2D eigenvalue weighted by Gasteiger charge is 2.43. The molecule has 15 heteroatoms. The van der Waals surface area contributed by atoms with Crippen molar-refractivity contribution in [3.63, 3.8) is 0 Å². The largest absolute Gasteiger partial charge is 0.488 e. The van der Waals surface area contributed by atoms with Gasteiger partial charge in [-0.05, 0) is 78.6 Å². The molecule has 3 aliphatic rings. The zero-order valence-corrected chi connectivity index (χ0v) is 29.1. The number of hydrogen-bond donors (Lipinski definition) is 3. The molecule has 3 atom stereocenters. The van der Waals surface area contributed by atoms with Gasteiger partial charge >= 0.3 is 12.1 Å². The summed E-state index contributed by atoms with van der Waals surface area (Å²) in [4.78, 5) is 42.0. The Morgan fingerprint density at radius 1 is 0.944 bits per heavy atom. The van der Waals surface area contributed by atoms with Gasteiger partial charge in [-0.15, -0.1) is 0 Å². The maximum Gasteiger partial charge on any atom is 0.416 e. The summed E-state index contributed by atoms with van der Waals surface area (Å²) < 4.78 is 87.3. The monoisotopic (exact) mass is 759 g/mol. The number of amides is 2. The smallest absolute Gasteiger partial charge is 0.416 e. The second kappa shape index (κ2) is 16.2. The molecule has 3 aromatic rings. The molecular formula is C39H39F6N3O6. The van der Waals surface area contributed by atoms with Crippen molar-refractivity contribution in [3.8, 4) is 5.75 Å². The van der Waals surface area contributed by atoms with E-state index in [4.69, 9.17) is 9.84 Å². The Labute approximate surface area is 307 Å². The predicted molar refractivity (Wildman–Crippen MR) is 183 cm³/mol. The van der Waals surface area contributed by atoms with Gasteiger partial charge in [-0.1, -0.05) is 36.4 Å². The van der Waals surface area contributed by atoms with E-state index >= 15 is 0 Å². The van der Waals surface area contributed by atoms with Gasteiger partial charge in [-0.25, -0.2) is 8.78 Å². The number of ether oxygens (including phenoxy) is 1. The molecule has 1 saturated heterocycles. The van der Waals surface area contributed by atoms with Crippen LogP contribution < -0.4 is 10.1 Å². The highest BCUT2D eigenvalue weighted by molar-refractivity contribution is 6.03. The maximum atomic E-state index is 14.7. The predicted octanol–water partition coefficient (Wildman–Crippen LogP) is 5.88. The summed E-state index contributed by atoms with van der Waals surface area (Å²) in [7, 11) is 0. The van der Waals surface area contributed by atoms with Gasteiger partial charge in [0.15, 0.2) is 17.4 Å². The molecule has 0 spiro atoms. The lowest BCUT2D eigenvalue weighted by molar-refractivity contribution is -0.141. The molecule has 0 radical (unpaired) electrons. The van der Waals surface area contributed by atoms with E-state index in [0.717, 1.165) is 29.3 Å². The summed E-state index contributed by atoms with van der Waals surface area (Å²) in [6.07, 6.45) is -4.48. The summed E-state index contributed by atoms with van der Waals surface area (Å²) in [6, 6.07) is 12.5. The van der Waals surface area contributed by atoms with Gasteiger partial charge in [0, 0.05) is 37.3 Å². The lowest BCUT2D eigenvalue weighted by Gasteiger charge is -2.45. The van der Waals surface area contributed by atoms with Crippen LogP contribution in [-0.2, 0) is 33.5 Å². The standard InChI is InChI=1S/C39H39F6N3O6/c40-30-12-13-31(41)37(36(30)42)54-14-2-4-22-6-8-24(9-7-22)29-16-26-20-47(33(50)17-28(49)18-34(51)52)21-32(46-26)35(29)38(53)48(27-10-11-27)19-23-3-1-5-25(15-23)39(43,44)45/h1,3,5-9,12-13,15,26-28,32,46,49H,2,4,10-11,14,16-21H2,(H,51,52). The van der Waals surface area contributed by atoms with Crippen LogP contribution >= 0.6 is 0 Å². The summed E-state index contributed by atoms with van der Waals surface area (Å²) in [5, 5.41) is 22.6. The lowest BCUT2D eigenvalue weighted by atomic mass is 9.82. The molecule has 54 heavy (non-hydrogen) atoms. The van der Waals surface area contributed by atoms with E-state index in [0.29, 0.717) is 54.9 Å². The lowest BCUT2D eigenvalue weighted by Crippen LogP contribution is -2.62. The van der Waals surface area contributed by atoms with E-state index in [9.17, 15) is 45.8 Å². The number of hydrogen-bond acceptors (Lipinski definition) is 6. The van der Waals surface area contributed by atoms with E-state index in [1.54, 1.807) is 11.0 Å². The van der Waals surface area contributed by atoms with Gasteiger partial charge in [-0.3, -0.25) is 14.4 Å². The number of carbonyl (C=O) groups is 3. The molecule has 6 rings (SSSR count). The number of nitrogens with zero attached hydrogens (tertiary/aromatic N) is 2. The normalized spacial score (nSPS) is 19.1. The number of aliphatic carboxylic acids is 1. The molecule has 288 valence electrons. The van der Waals surface area contributed by atoms with Crippen molar-refractivity contribution in [1.82, 2.24) is 15.1 Å². The number of rotatable bonds is 14. The zero-order valence-electron chi connectivity index (χ0n) is 29.1. The summed E-state index contributed by atoms with van der Waals surface area (Å²) in [5.74, 6) is -6.50. The molecule has 2 amide bonds.